The van der Waals surface area contributed by atoms with Crippen molar-refractivity contribution in [1.29, 1.82) is 0 Å². The molecular formula is C24H17NO. The quantitative estimate of drug-likeness (QED) is 0.349. The van der Waals surface area contributed by atoms with Crippen molar-refractivity contribution in [2.75, 3.05) is 0 Å². The Morgan fingerprint density at radius 2 is 1.35 bits per heavy atom. The molecule has 0 saturated heterocycles. The highest BCUT2D eigenvalue weighted by molar-refractivity contribution is 5.91. The van der Waals surface area contributed by atoms with Gasteiger partial charge in [0.15, 0.2) is 0 Å². The molecule has 1 aliphatic heterocycles. The van der Waals surface area contributed by atoms with Crippen LogP contribution in [0.5, 0.6) is 11.5 Å². The number of aryl methyl sites for hydroxylation is 1. The highest BCUT2D eigenvalue weighted by atomic mass is 16.5. The summed E-state index contributed by atoms with van der Waals surface area (Å²) in [6, 6.07) is 27.1. The molecule has 0 spiro atoms. The summed E-state index contributed by atoms with van der Waals surface area (Å²) in [4.78, 5) is 4.54. The number of fused-ring (bicyclic) bond motifs is 5. The molecule has 0 N–H and O–H groups in total. The second-order valence-electron chi connectivity index (χ2n) is 6.57. The fourth-order valence-corrected chi connectivity index (χ4v) is 3.53. The molecule has 0 atom stereocenters. The van der Waals surface area contributed by atoms with Gasteiger partial charge in [0.2, 0.25) is 0 Å². The van der Waals surface area contributed by atoms with Crippen molar-refractivity contribution in [3.63, 3.8) is 0 Å². The molecule has 3 aromatic carbocycles. The Hall–Kier alpha value is -3.39. The van der Waals surface area contributed by atoms with E-state index in [9.17, 15) is 0 Å². The summed E-state index contributed by atoms with van der Waals surface area (Å²) in [5.74, 6) is 1.76. The summed E-state index contributed by atoms with van der Waals surface area (Å²) in [6.45, 7) is 2.09. The normalized spacial score (nSPS) is 11.6. The average molecular weight is 335 g/mol. The van der Waals surface area contributed by atoms with E-state index in [1.165, 1.54) is 16.7 Å². The third kappa shape index (κ3) is 2.39. The molecule has 0 amide bonds. The van der Waals surface area contributed by atoms with E-state index in [0.717, 1.165) is 33.9 Å². The van der Waals surface area contributed by atoms with E-state index in [4.69, 9.17) is 4.74 Å². The van der Waals surface area contributed by atoms with Crippen molar-refractivity contribution < 1.29 is 4.74 Å². The van der Waals surface area contributed by atoms with E-state index in [-0.39, 0.29) is 0 Å². The van der Waals surface area contributed by atoms with Gasteiger partial charge in [-0.25, -0.2) is 0 Å². The lowest BCUT2D eigenvalue weighted by Gasteiger charge is -2.11. The molecule has 1 aliphatic rings. The lowest BCUT2D eigenvalue weighted by molar-refractivity contribution is 0.488. The van der Waals surface area contributed by atoms with E-state index in [1.54, 1.807) is 0 Å². The minimum atomic E-state index is 0.874. The number of aromatic nitrogens is 1. The molecule has 5 rings (SSSR count). The van der Waals surface area contributed by atoms with Gasteiger partial charge in [0.25, 0.3) is 0 Å². The second kappa shape index (κ2) is 5.85. The molecule has 0 aliphatic carbocycles. The van der Waals surface area contributed by atoms with Crippen LogP contribution >= 0.6 is 0 Å². The number of hydrogen-bond donors (Lipinski definition) is 0. The number of para-hydroxylation sites is 1. The topological polar surface area (TPSA) is 22.1 Å². The fraction of sp³-hybridized carbons (Fsp3) is 0.0417. The first-order chi connectivity index (χ1) is 12.8. The maximum atomic E-state index is 6.28. The molecule has 2 heteroatoms. The Morgan fingerprint density at radius 3 is 2.15 bits per heavy atom. The molecule has 1 aromatic heterocycles. The van der Waals surface area contributed by atoms with Crippen molar-refractivity contribution in [3.8, 4) is 45.0 Å². The fourth-order valence-electron chi connectivity index (χ4n) is 3.53. The van der Waals surface area contributed by atoms with Crippen LogP contribution in [-0.2, 0) is 0 Å². The number of ether oxygens (including phenoxy) is 1. The van der Waals surface area contributed by atoms with Crippen molar-refractivity contribution in [3.05, 3.63) is 90.6 Å². The highest BCUT2D eigenvalue weighted by Gasteiger charge is 2.20. The summed E-state index contributed by atoms with van der Waals surface area (Å²) >= 11 is 0. The smallest absolute Gasteiger partial charge is 0.135 e. The standard InChI is InChI=1S/C24H17NO/c1-16-12-13-25-22(14-16)17-10-11-24-21(15-17)19-7-3-2-6-18(19)20-8-4-5-9-23(20)26-24/h2-15H,1H3. The van der Waals surface area contributed by atoms with Crippen molar-refractivity contribution in [2.24, 2.45) is 0 Å². The Kier molecular flexibility index (Phi) is 3.36. The van der Waals surface area contributed by atoms with Gasteiger partial charge in [0, 0.05) is 22.9 Å². The number of nitrogens with zero attached hydrogens (tertiary/aromatic N) is 1. The van der Waals surface area contributed by atoms with Gasteiger partial charge < -0.3 is 4.74 Å². The van der Waals surface area contributed by atoms with Gasteiger partial charge in [-0.2, -0.15) is 0 Å². The van der Waals surface area contributed by atoms with Crippen LogP contribution in [-0.4, -0.2) is 4.98 Å². The van der Waals surface area contributed by atoms with Crippen LogP contribution in [0.15, 0.2) is 85.1 Å². The molecule has 0 saturated carbocycles. The van der Waals surface area contributed by atoms with Crippen molar-refractivity contribution >= 4 is 0 Å². The Labute approximate surface area is 152 Å². The maximum Gasteiger partial charge on any atom is 0.135 e. The molecule has 2 heterocycles. The van der Waals surface area contributed by atoms with Gasteiger partial charge in [-0.3, -0.25) is 4.98 Å². The van der Waals surface area contributed by atoms with E-state index >= 15 is 0 Å². The monoisotopic (exact) mass is 335 g/mol. The van der Waals surface area contributed by atoms with E-state index < -0.39 is 0 Å². The van der Waals surface area contributed by atoms with Crippen LogP contribution in [0.25, 0.3) is 33.5 Å². The molecule has 0 unspecified atom stereocenters. The molecule has 4 aromatic rings. The first kappa shape index (κ1) is 14.9. The van der Waals surface area contributed by atoms with E-state index in [0.29, 0.717) is 0 Å². The van der Waals surface area contributed by atoms with Crippen LogP contribution < -0.4 is 4.74 Å². The summed E-state index contributed by atoms with van der Waals surface area (Å²) in [5.41, 5.74) is 7.86. The molecular weight excluding hydrogens is 318 g/mol. The largest absolute Gasteiger partial charge is 0.456 e. The lowest BCUT2D eigenvalue weighted by Crippen LogP contribution is -1.89. The molecule has 0 fully saturated rings. The van der Waals surface area contributed by atoms with Crippen LogP contribution in [0.4, 0.5) is 0 Å². The van der Waals surface area contributed by atoms with Gasteiger partial charge >= 0.3 is 0 Å². The Morgan fingerprint density at radius 1 is 0.654 bits per heavy atom. The first-order valence-electron chi connectivity index (χ1n) is 8.73. The predicted molar refractivity (Wildman–Crippen MR) is 105 cm³/mol. The lowest BCUT2D eigenvalue weighted by atomic mass is 9.93. The molecule has 0 bridgehead atoms. The zero-order valence-corrected chi connectivity index (χ0v) is 14.4. The Bertz CT molecular complexity index is 1130. The van der Waals surface area contributed by atoms with Gasteiger partial charge in [-0.15, -0.1) is 0 Å². The maximum absolute atomic E-state index is 6.28. The molecule has 2 nitrogen and oxygen atoms in total. The molecule has 0 radical (unpaired) electrons. The van der Waals surface area contributed by atoms with Gasteiger partial charge in [0.05, 0.1) is 5.69 Å². The number of rotatable bonds is 1. The Balaban J connectivity index is 1.76. The van der Waals surface area contributed by atoms with Crippen LogP contribution in [0.2, 0.25) is 0 Å². The van der Waals surface area contributed by atoms with Crippen molar-refractivity contribution in [2.45, 2.75) is 6.92 Å². The molecule has 26 heavy (non-hydrogen) atoms. The molecule has 124 valence electrons. The minimum Gasteiger partial charge on any atom is -0.456 e. The zero-order valence-electron chi connectivity index (χ0n) is 14.4. The van der Waals surface area contributed by atoms with Crippen LogP contribution in [0.1, 0.15) is 5.56 Å². The zero-order chi connectivity index (χ0) is 17.5. The first-order valence-corrected chi connectivity index (χ1v) is 8.73. The predicted octanol–water partition coefficient (Wildman–Crippen LogP) is 6.50. The van der Waals surface area contributed by atoms with Crippen molar-refractivity contribution in [1.82, 2.24) is 4.98 Å². The third-order valence-corrected chi connectivity index (χ3v) is 4.81. The summed E-state index contributed by atoms with van der Waals surface area (Å²) in [6.07, 6.45) is 1.86. The number of benzene rings is 3. The van der Waals surface area contributed by atoms with E-state index in [2.05, 4.69) is 66.5 Å². The highest BCUT2D eigenvalue weighted by Crippen LogP contribution is 2.47. The summed E-state index contributed by atoms with van der Waals surface area (Å²) in [5, 5.41) is 0. The number of pyridine rings is 1. The van der Waals surface area contributed by atoms with Crippen LogP contribution in [0.3, 0.4) is 0 Å². The third-order valence-electron chi connectivity index (χ3n) is 4.81. The minimum absolute atomic E-state index is 0.874. The van der Waals surface area contributed by atoms with Crippen LogP contribution in [0, 0.1) is 6.92 Å². The van der Waals surface area contributed by atoms with Gasteiger partial charge in [0.1, 0.15) is 11.5 Å². The average Bonchev–Trinajstić information content (AvgIpc) is 2.82. The number of hydrogen-bond acceptors (Lipinski definition) is 2. The SMILES string of the molecule is Cc1ccnc(-c2ccc3c(c2)-c2ccccc2-c2ccccc2O3)c1. The summed E-state index contributed by atoms with van der Waals surface area (Å²) < 4.78 is 6.28. The van der Waals surface area contributed by atoms with Gasteiger partial charge in [-0.05, 0) is 60.0 Å². The van der Waals surface area contributed by atoms with E-state index in [1.807, 2.05) is 30.5 Å². The van der Waals surface area contributed by atoms with Gasteiger partial charge in [-0.1, -0.05) is 42.5 Å². The summed E-state index contributed by atoms with van der Waals surface area (Å²) in [7, 11) is 0. The second-order valence-corrected chi connectivity index (χ2v) is 6.57.